The van der Waals surface area contributed by atoms with E-state index in [9.17, 15) is 4.79 Å². The highest BCUT2D eigenvalue weighted by atomic mass is 35.5. The number of hydrogen-bond acceptors (Lipinski definition) is 5. The smallest absolute Gasteiger partial charge is 0.227 e. The Morgan fingerprint density at radius 3 is 2.67 bits per heavy atom. The molecule has 170 valence electrons. The molecule has 1 aliphatic heterocycles. The van der Waals surface area contributed by atoms with Crippen molar-refractivity contribution in [1.82, 2.24) is 14.8 Å². The Kier molecular flexibility index (Phi) is 5.61. The zero-order chi connectivity index (χ0) is 23.3. The van der Waals surface area contributed by atoms with Crippen LogP contribution in [-0.4, -0.2) is 20.5 Å². The number of nitrogens with one attached hydrogen (secondary N) is 1. The highest BCUT2D eigenvalue weighted by Crippen LogP contribution is 2.45. The topological polar surface area (TPSA) is 59.8 Å². The van der Waals surface area contributed by atoms with Crippen LogP contribution in [0, 0.1) is 19.3 Å². The van der Waals surface area contributed by atoms with Crippen LogP contribution in [0.5, 0.6) is 0 Å². The van der Waals surface area contributed by atoms with Crippen molar-refractivity contribution in [1.29, 1.82) is 0 Å². The molecule has 1 aliphatic carbocycles. The predicted octanol–water partition coefficient (Wildman–Crippen LogP) is 6.50. The van der Waals surface area contributed by atoms with Gasteiger partial charge in [0.2, 0.25) is 11.1 Å². The van der Waals surface area contributed by atoms with Crippen molar-refractivity contribution in [2.24, 2.45) is 5.41 Å². The van der Waals surface area contributed by atoms with Crippen LogP contribution in [0.2, 0.25) is 5.02 Å². The molecule has 0 fully saturated rings. The van der Waals surface area contributed by atoms with Crippen molar-refractivity contribution >= 4 is 35.1 Å². The molecular formula is C26H27ClN4OS. The number of thioether (sulfide) groups is 1. The van der Waals surface area contributed by atoms with Crippen molar-refractivity contribution in [3.63, 3.8) is 0 Å². The summed E-state index contributed by atoms with van der Waals surface area (Å²) in [4.78, 5) is 18.1. The molecule has 0 bridgehead atoms. The van der Waals surface area contributed by atoms with E-state index in [4.69, 9.17) is 21.7 Å². The number of rotatable bonds is 4. The lowest BCUT2D eigenvalue weighted by Gasteiger charge is -2.38. The summed E-state index contributed by atoms with van der Waals surface area (Å²) in [6.45, 7) is 8.51. The van der Waals surface area contributed by atoms with E-state index < -0.39 is 0 Å². The van der Waals surface area contributed by atoms with Gasteiger partial charge in [-0.25, -0.2) is 4.68 Å². The zero-order valence-corrected chi connectivity index (χ0v) is 20.8. The lowest BCUT2D eigenvalue weighted by molar-refractivity contribution is -0.118. The molecule has 1 N–H and O–H groups in total. The molecule has 5 nitrogen and oxygen atoms in total. The number of aromatic nitrogens is 3. The fourth-order valence-corrected chi connectivity index (χ4v) is 5.72. The van der Waals surface area contributed by atoms with Crippen molar-refractivity contribution < 1.29 is 4.79 Å². The molecular weight excluding hydrogens is 452 g/mol. The van der Waals surface area contributed by atoms with E-state index in [1.807, 2.05) is 28.9 Å². The molecule has 2 aromatic carbocycles. The van der Waals surface area contributed by atoms with E-state index in [-0.39, 0.29) is 17.2 Å². The second-order valence-electron chi connectivity index (χ2n) is 9.79. The third-order valence-electron chi connectivity index (χ3n) is 6.36. The normalized spacial score (nSPS) is 19.2. The van der Waals surface area contributed by atoms with Crippen LogP contribution in [-0.2, 0) is 10.5 Å². The fourth-order valence-electron chi connectivity index (χ4n) is 4.70. The molecule has 2 heterocycles. The van der Waals surface area contributed by atoms with Gasteiger partial charge in [-0.1, -0.05) is 73.1 Å². The van der Waals surface area contributed by atoms with Gasteiger partial charge in [-0.2, -0.15) is 4.98 Å². The van der Waals surface area contributed by atoms with Gasteiger partial charge < -0.3 is 5.32 Å². The third kappa shape index (κ3) is 4.34. The van der Waals surface area contributed by atoms with Crippen LogP contribution in [0.3, 0.4) is 0 Å². The van der Waals surface area contributed by atoms with Crippen LogP contribution in [0.15, 0.2) is 58.9 Å². The molecule has 1 atom stereocenters. The number of ketones is 1. The Labute approximate surface area is 203 Å². The minimum atomic E-state index is -0.306. The number of nitrogens with zero attached hydrogens (tertiary/aromatic N) is 3. The van der Waals surface area contributed by atoms with E-state index in [1.165, 1.54) is 16.7 Å². The molecule has 0 spiro atoms. The van der Waals surface area contributed by atoms with Crippen LogP contribution in [0.25, 0.3) is 0 Å². The number of aryl methyl sites for hydroxylation is 2. The molecule has 0 radical (unpaired) electrons. The van der Waals surface area contributed by atoms with Crippen LogP contribution >= 0.6 is 23.4 Å². The first-order valence-corrected chi connectivity index (χ1v) is 12.5. The SMILES string of the molecule is Cc1ccc(C)c(CSc2nc3n(n2)C(c2ccc(Cl)cc2)C2=C(CC(C)(C)CC2=O)N3)c1. The van der Waals surface area contributed by atoms with Gasteiger partial charge >= 0.3 is 0 Å². The van der Waals surface area contributed by atoms with Crippen molar-refractivity contribution in [2.75, 3.05) is 5.32 Å². The molecule has 7 heteroatoms. The highest BCUT2D eigenvalue weighted by molar-refractivity contribution is 7.98. The van der Waals surface area contributed by atoms with Crippen molar-refractivity contribution in [3.05, 3.63) is 81.0 Å². The predicted molar refractivity (Wildman–Crippen MR) is 134 cm³/mol. The molecule has 0 amide bonds. The molecule has 0 saturated heterocycles. The number of halogens is 1. The quantitative estimate of drug-likeness (QED) is 0.434. The zero-order valence-electron chi connectivity index (χ0n) is 19.3. The van der Waals surface area contributed by atoms with Gasteiger partial charge in [0.1, 0.15) is 6.04 Å². The minimum Gasteiger partial charge on any atom is -0.328 e. The molecule has 3 aromatic rings. The van der Waals surface area contributed by atoms with Gasteiger partial charge in [0.15, 0.2) is 5.78 Å². The van der Waals surface area contributed by atoms with E-state index >= 15 is 0 Å². The van der Waals surface area contributed by atoms with E-state index in [0.29, 0.717) is 22.5 Å². The number of fused-ring (bicyclic) bond motifs is 1. The summed E-state index contributed by atoms with van der Waals surface area (Å²) < 4.78 is 1.86. The highest BCUT2D eigenvalue weighted by Gasteiger charge is 2.41. The number of anilines is 1. The Balaban J connectivity index is 1.52. The Morgan fingerprint density at radius 1 is 1.15 bits per heavy atom. The summed E-state index contributed by atoms with van der Waals surface area (Å²) in [5, 5.41) is 9.66. The Morgan fingerprint density at radius 2 is 1.91 bits per heavy atom. The Bertz CT molecular complexity index is 1280. The average Bonchev–Trinajstić information content (AvgIpc) is 3.15. The summed E-state index contributed by atoms with van der Waals surface area (Å²) in [5.41, 5.74) is 6.44. The number of benzene rings is 2. The second kappa shape index (κ2) is 8.33. The standard InChI is InChI=1S/C26H27ClN4OS/c1-15-5-6-16(2)18(11-15)14-33-25-29-24-28-20-12-26(3,4)13-21(32)22(20)23(31(24)30-25)17-7-9-19(27)10-8-17/h5-11,23H,12-14H2,1-4H3,(H,28,29,30). The molecule has 33 heavy (non-hydrogen) atoms. The first-order valence-electron chi connectivity index (χ1n) is 11.1. The lowest BCUT2D eigenvalue weighted by atomic mass is 9.73. The Hall–Kier alpha value is -2.57. The average molecular weight is 479 g/mol. The first kappa shape index (κ1) is 22.2. The maximum Gasteiger partial charge on any atom is 0.227 e. The maximum absolute atomic E-state index is 13.3. The monoisotopic (exact) mass is 478 g/mol. The van der Waals surface area contributed by atoms with Gasteiger partial charge in [-0.15, -0.1) is 5.10 Å². The molecule has 2 aliphatic rings. The van der Waals surface area contributed by atoms with Gasteiger partial charge in [-0.3, -0.25) is 4.79 Å². The largest absolute Gasteiger partial charge is 0.328 e. The summed E-state index contributed by atoms with van der Waals surface area (Å²) in [6.07, 6.45) is 1.33. The number of carbonyl (C=O) groups is 1. The summed E-state index contributed by atoms with van der Waals surface area (Å²) in [5.74, 6) is 1.64. The summed E-state index contributed by atoms with van der Waals surface area (Å²) >= 11 is 7.77. The number of carbonyl (C=O) groups excluding carboxylic acids is 1. The first-order chi connectivity index (χ1) is 15.7. The van der Waals surface area contributed by atoms with Gasteiger partial charge in [0.05, 0.1) is 0 Å². The van der Waals surface area contributed by atoms with Crippen molar-refractivity contribution in [2.45, 2.75) is 57.5 Å². The molecule has 5 rings (SSSR count). The van der Waals surface area contributed by atoms with E-state index in [0.717, 1.165) is 29.0 Å². The third-order valence-corrected chi connectivity index (χ3v) is 7.50. The summed E-state index contributed by atoms with van der Waals surface area (Å²) in [6, 6.07) is 13.9. The van der Waals surface area contributed by atoms with Crippen LogP contribution < -0.4 is 5.32 Å². The van der Waals surface area contributed by atoms with Crippen molar-refractivity contribution in [3.8, 4) is 0 Å². The fraction of sp³-hybridized carbons (Fsp3) is 0.346. The van der Waals surface area contributed by atoms with E-state index in [1.54, 1.807) is 11.8 Å². The van der Waals surface area contributed by atoms with Gasteiger partial charge in [0.25, 0.3) is 0 Å². The lowest BCUT2D eigenvalue weighted by Crippen LogP contribution is -2.36. The molecule has 1 unspecified atom stereocenters. The van der Waals surface area contributed by atoms with Crippen LogP contribution in [0.4, 0.5) is 5.95 Å². The number of hydrogen-bond donors (Lipinski definition) is 1. The van der Waals surface area contributed by atoms with Crippen LogP contribution in [0.1, 0.15) is 55.0 Å². The van der Waals surface area contributed by atoms with Gasteiger partial charge in [-0.05, 0) is 54.5 Å². The number of allylic oxidation sites excluding steroid dienone is 2. The van der Waals surface area contributed by atoms with Gasteiger partial charge in [0, 0.05) is 28.5 Å². The molecule has 0 saturated carbocycles. The number of Topliss-reactive ketones (excluding diaryl/α,β-unsaturated/α-hetero) is 1. The molecule has 1 aromatic heterocycles. The van der Waals surface area contributed by atoms with E-state index in [2.05, 4.69) is 51.2 Å². The summed E-state index contributed by atoms with van der Waals surface area (Å²) in [7, 11) is 0. The minimum absolute atomic E-state index is 0.0874. The maximum atomic E-state index is 13.3. The second-order valence-corrected chi connectivity index (χ2v) is 11.2.